The zero-order valence-electron chi connectivity index (χ0n) is 11.2. The summed E-state index contributed by atoms with van der Waals surface area (Å²) >= 11 is 0. The Morgan fingerprint density at radius 3 is 2.74 bits per heavy atom. The van der Waals surface area contributed by atoms with Gasteiger partial charge in [-0.3, -0.25) is 4.79 Å². The standard InChI is InChI=1S/C14H19NO4/c1-10-4-3-5-11(8-10)6-7-13(17)15-12(9-16)14(18)19-2/h3-5,8,12,16H,6-7,9H2,1-2H3,(H,15,17). The van der Waals surface area contributed by atoms with Crippen LogP contribution in [-0.2, 0) is 20.7 Å². The third kappa shape index (κ3) is 5.09. The van der Waals surface area contributed by atoms with E-state index in [1.165, 1.54) is 7.11 Å². The molecule has 0 aromatic heterocycles. The van der Waals surface area contributed by atoms with Gasteiger partial charge in [-0.05, 0) is 18.9 Å². The van der Waals surface area contributed by atoms with E-state index in [0.29, 0.717) is 6.42 Å². The second kappa shape index (κ2) is 7.53. The smallest absolute Gasteiger partial charge is 0.330 e. The fourth-order valence-electron chi connectivity index (χ4n) is 1.71. The minimum atomic E-state index is -0.991. The molecule has 0 saturated heterocycles. The zero-order chi connectivity index (χ0) is 14.3. The van der Waals surface area contributed by atoms with Crippen LogP contribution in [0.15, 0.2) is 24.3 Å². The van der Waals surface area contributed by atoms with Crippen LogP contribution in [0.3, 0.4) is 0 Å². The first-order chi connectivity index (χ1) is 9.06. The molecule has 5 nitrogen and oxygen atoms in total. The van der Waals surface area contributed by atoms with E-state index in [9.17, 15) is 9.59 Å². The number of rotatable bonds is 6. The fraction of sp³-hybridized carbons (Fsp3) is 0.429. The Morgan fingerprint density at radius 2 is 2.16 bits per heavy atom. The van der Waals surface area contributed by atoms with Gasteiger partial charge in [0, 0.05) is 6.42 Å². The van der Waals surface area contributed by atoms with Crippen molar-refractivity contribution in [1.82, 2.24) is 5.32 Å². The molecule has 0 heterocycles. The molecule has 0 aliphatic rings. The zero-order valence-corrected chi connectivity index (χ0v) is 11.2. The van der Waals surface area contributed by atoms with Gasteiger partial charge in [-0.15, -0.1) is 0 Å². The second-order valence-corrected chi connectivity index (χ2v) is 4.31. The van der Waals surface area contributed by atoms with Gasteiger partial charge in [-0.25, -0.2) is 4.79 Å². The van der Waals surface area contributed by atoms with E-state index >= 15 is 0 Å². The Balaban J connectivity index is 2.45. The summed E-state index contributed by atoms with van der Waals surface area (Å²) in [7, 11) is 1.21. The number of ether oxygens (including phenoxy) is 1. The lowest BCUT2D eigenvalue weighted by atomic mass is 10.1. The van der Waals surface area contributed by atoms with E-state index in [4.69, 9.17) is 5.11 Å². The Hall–Kier alpha value is -1.88. The number of carbonyl (C=O) groups excluding carboxylic acids is 2. The van der Waals surface area contributed by atoms with Gasteiger partial charge in [0.25, 0.3) is 0 Å². The maximum Gasteiger partial charge on any atom is 0.330 e. The highest BCUT2D eigenvalue weighted by molar-refractivity contribution is 5.84. The number of hydrogen-bond donors (Lipinski definition) is 2. The van der Waals surface area contributed by atoms with Gasteiger partial charge in [0.15, 0.2) is 6.04 Å². The highest BCUT2D eigenvalue weighted by atomic mass is 16.5. The average Bonchev–Trinajstić information content (AvgIpc) is 2.41. The number of hydrogen-bond acceptors (Lipinski definition) is 4. The predicted molar refractivity (Wildman–Crippen MR) is 70.5 cm³/mol. The van der Waals surface area contributed by atoms with E-state index in [1.807, 2.05) is 31.2 Å². The molecule has 0 aliphatic heterocycles. The molecule has 1 rings (SSSR count). The third-order valence-electron chi connectivity index (χ3n) is 2.73. The summed E-state index contributed by atoms with van der Waals surface area (Å²) in [5.41, 5.74) is 2.20. The first kappa shape index (κ1) is 15.2. The lowest BCUT2D eigenvalue weighted by Gasteiger charge is -2.13. The van der Waals surface area contributed by atoms with Crippen molar-refractivity contribution in [3.8, 4) is 0 Å². The van der Waals surface area contributed by atoms with E-state index < -0.39 is 18.6 Å². The highest BCUT2D eigenvalue weighted by Crippen LogP contribution is 2.06. The van der Waals surface area contributed by atoms with Crippen LogP contribution in [0.25, 0.3) is 0 Å². The van der Waals surface area contributed by atoms with Crippen molar-refractivity contribution >= 4 is 11.9 Å². The SMILES string of the molecule is COC(=O)C(CO)NC(=O)CCc1cccc(C)c1. The molecule has 1 aromatic rings. The molecule has 19 heavy (non-hydrogen) atoms. The Morgan fingerprint density at radius 1 is 1.42 bits per heavy atom. The monoisotopic (exact) mass is 265 g/mol. The van der Waals surface area contributed by atoms with Crippen molar-refractivity contribution in [2.45, 2.75) is 25.8 Å². The van der Waals surface area contributed by atoms with Crippen LogP contribution in [0, 0.1) is 6.92 Å². The highest BCUT2D eigenvalue weighted by Gasteiger charge is 2.19. The summed E-state index contributed by atoms with van der Waals surface area (Å²) in [4.78, 5) is 22.9. The van der Waals surface area contributed by atoms with Crippen LogP contribution < -0.4 is 5.32 Å². The number of aryl methyl sites for hydroxylation is 2. The molecule has 0 bridgehead atoms. The molecule has 1 atom stereocenters. The predicted octanol–water partition coefficient (Wildman–Crippen LogP) is 0.578. The van der Waals surface area contributed by atoms with Crippen molar-refractivity contribution in [3.63, 3.8) is 0 Å². The van der Waals surface area contributed by atoms with Crippen molar-refractivity contribution in [2.24, 2.45) is 0 Å². The minimum Gasteiger partial charge on any atom is -0.467 e. The van der Waals surface area contributed by atoms with Crippen molar-refractivity contribution < 1.29 is 19.4 Å². The molecule has 2 N–H and O–H groups in total. The normalized spacial score (nSPS) is 11.7. The number of aliphatic hydroxyl groups excluding tert-OH is 1. The lowest BCUT2D eigenvalue weighted by Crippen LogP contribution is -2.44. The molecule has 0 spiro atoms. The minimum absolute atomic E-state index is 0.261. The molecule has 0 aliphatic carbocycles. The van der Waals surface area contributed by atoms with Crippen LogP contribution in [0.2, 0.25) is 0 Å². The van der Waals surface area contributed by atoms with E-state index in [2.05, 4.69) is 10.1 Å². The van der Waals surface area contributed by atoms with E-state index in [1.54, 1.807) is 0 Å². The molecule has 0 saturated carbocycles. The van der Waals surface area contributed by atoms with Gasteiger partial charge >= 0.3 is 5.97 Å². The number of amides is 1. The molecule has 0 fully saturated rings. The molecule has 0 radical (unpaired) electrons. The number of esters is 1. The first-order valence-electron chi connectivity index (χ1n) is 6.10. The van der Waals surface area contributed by atoms with Crippen LogP contribution in [-0.4, -0.2) is 36.7 Å². The topological polar surface area (TPSA) is 75.6 Å². The van der Waals surface area contributed by atoms with E-state index in [0.717, 1.165) is 11.1 Å². The van der Waals surface area contributed by atoms with Crippen LogP contribution >= 0.6 is 0 Å². The Kier molecular flexibility index (Phi) is 6.02. The number of benzene rings is 1. The van der Waals surface area contributed by atoms with Gasteiger partial charge in [0.05, 0.1) is 13.7 Å². The number of nitrogens with one attached hydrogen (secondary N) is 1. The van der Waals surface area contributed by atoms with Crippen LogP contribution in [0.1, 0.15) is 17.5 Å². The maximum atomic E-state index is 11.7. The first-order valence-corrected chi connectivity index (χ1v) is 6.10. The average molecular weight is 265 g/mol. The molecule has 1 amide bonds. The summed E-state index contributed by atoms with van der Waals surface area (Å²) in [6.07, 6.45) is 0.851. The molecule has 104 valence electrons. The van der Waals surface area contributed by atoms with Crippen molar-refractivity contribution in [3.05, 3.63) is 35.4 Å². The Bertz CT molecular complexity index is 445. The van der Waals surface area contributed by atoms with Crippen LogP contribution in [0.4, 0.5) is 0 Å². The van der Waals surface area contributed by atoms with Gasteiger partial charge in [-0.1, -0.05) is 29.8 Å². The number of carbonyl (C=O) groups is 2. The van der Waals surface area contributed by atoms with Gasteiger partial charge in [0.2, 0.25) is 5.91 Å². The summed E-state index contributed by atoms with van der Waals surface area (Å²) in [6, 6.07) is 6.90. The van der Waals surface area contributed by atoms with Crippen molar-refractivity contribution in [1.29, 1.82) is 0 Å². The quantitative estimate of drug-likeness (QED) is 0.738. The van der Waals surface area contributed by atoms with Crippen molar-refractivity contribution in [2.75, 3.05) is 13.7 Å². The molecular formula is C14H19NO4. The Labute approximate surface area is 112 Å². The van der Waals surface area contributed by atoms with Gasteiger partial charge in [0.1, 0.15) is 0 Å². The second-order valence-electron chi connectivity index (χ2n) is 4.31. The molecule has 5 heteroatoms. The summed E-state index contributed by atoms with van der Waals surface area (Å²) in [5.74, 6) is -0.933. The number of aliphatic hydroxyl groups is 1. The summed E-state index contributed by atoms with van der Waals surface area (Å²) in [6.45, 7) is 1.52. The maximum absolute atomic E-state index is 11.7. The van der Waals surface area contributed by atoms with Crippen LogP contribution in [0.5, 0.6) is 0 Å². The molecular weight excluding hydrogens is 246 g/mol. The third-order valence-corrected chi connectivity index (χ3v) is 2.73. The van der Waals surface area contributed by atoms with Gasteiger partial charge < -0.3 is 15.2 Å². The fourth-order valence-corrected chi connectivity index (χ4v) is 1.71. The summed E-state index contributed by atoms with van der Waals surface area (Å²) in [5, 5.41) is 11.4. The lowest BCUT2D eigenvalue weighted by molar-refractivity contribution is -0.146. The largest absolute Gasteiger partial charge is 0.467 e. The number of methoxy groups -OCH3 is 1. The van der Waals surface area contributed by atoms with Gasteiger partial charge in [-0.2, -0.15) is 0 Å². The molecule has 1 unspecified atom stereocenters. The van der Waals surface area contributed by atoms with E-state index in [-0.39, 0.29) is 12.3 Å². The molecule has 1 aromatic carbocycles. The summed E-state index contributed by atoms with van der Waals surface area (Å²) < 4.78 is 4.47.